The number of carboxylic acids is 1. The number of hydrogen-bond donors (Lipinski definition) is 4. The smallest absolute Gasteiger partial charge is 0.408 e. The standard InChI is InChI=1S/C22H37F2N3O7/c1-8-12(4)16(27-21(33)34-22(5,6)7)19(30)26-14(9-11(2)3)18(29)25-13(10-15(23)24)17(28)20(31)32/h11-16H,8-10H2,1-7H3,(H,25,29)(H,26,30)(H,27,33)(H,31,32)/t12-,13-,14-,16-/m0/s1. The molecular formula is C22H37F2N3O7. The van der Waals surface area contributed by atoms with Crippen LogP contribution in [-0.4, -0.2) is 64.9 Å². The van der Waals surface area contributed by atoms with E-state index in [4.69, 9.17) is 9.84 Å². The van der Waals surface area contributed by atoms with Crippen molar-refractivity contribution in [2.75, 3.05) is 0 Å². The van der Waals surface area contributed by atoms with Crippen LogP contribution in [0.15, 0.2) is 0 Å². The van der Waals surface area contributed by atoms with Gasteiger partial charge < -0.3 is 25.8 Å². The van der Waals surface area contributed by atoms with Crippen molar-refractivity contribution in [2.45, 2.75) is 97.9 Å². The molecule has 196 valence electrons. The number of halogens is 2. The first-order valence-corrected chi connectivity index (χ1v) is 11.1. The summed E-state index contributed by atoms with van der Waals surface area (Å²) < 4.78 is 30.9. The van der Waals surface area contributed by atoms with Crippen molar-refractivity contribution in [3.63, 3.8) is 0 Å². The van der Waals surface area contributed by atoms with Crippen molar-refractivity contribution in [3.05, 3.63) is 0 Å². The summed E-state index contributed by atoms with van der Waals surface area (Å²) in [6.07, 6.45) is -4.49. The quantitative estimate of drug-likeness (QED) is 0.287. The number of aliphatic carboxylic acids is 1. The van der Waals surface area contributed by atoms with E-state index < -0.39 is 66.2 Å². The van der Waals surface area contributed by atoms with Crippen LogP contribution in [0.2, 0.25) is 0 Å². The molecule has 0 heterocycles. The Kier molecular flexibility index (Phi) is 12.7. The van der Waals surface area contributed by atoms with Gasteiger partial charge in [0.25, 0.3) is 5.78 Å². The van der Waals surface area contributed by atoms with Crippen molar-refractivity contribution < 1.29 is 42.6 Å². The number of ketones is 1. The van der Waals surface area contributed by atoms with Gasteiger partial charge in [0.1, 0.15) is 23.7 Å². The molecule has 4 atom stereocenters. The maximum atomic E-state index is 13.0. The van der Waals surface area contributed by atoms with Crippen LogP contribution in [0.5, 0.6) is 0 Å². The van der Waals surface area contributed by atoms with Gasteiger partial charge in [-0.05, 0) is 39.0 Å². The number of ether oxygens (including phenoxy) is 1. The molecule has 0 aliphatic rings. The van der Waals surface area contributed by atoms with E-state index in [0.717, 1.165) is 0 Å². The molecule has 0 aliphatic carbocycles. The second-order valence-electron chi connectivity index (χ2n) is 9.56. The summed E-state index contributed by atoms with van der Waals surface area (Å²) in [7, 11) is 0. The van der Waals surface area contributed by atoms with E-state index in [1.54, 1.807) is 48.5 Å². The maximum Gasteiger partial charge on any atom is 0.408 e. The van der Waals surface area contributed by atoms with Crippen LogP contribution in [0, 0.1) is 11.8 Å². The van der Waals surface area contributed by atoms with Crippen molar-refractivity contribution in [2.24, 2.45) is 11.8 Å². The number of rotatable bonds is 13. The van der Waals surface area contributed by atoms with Gasteiger partial charge in [-0.2, -0.15) is 0 Å². The zero-order valence-electron chi connectivity index (χ0n) is 20.7. The molecule has 0 radical (unpaired) electrons. The predicted molar refractivity (Wildman–Crippen MR) is 119 cm³/mol. The Morgan fingerprint density at radius 2 is 1.41 bits per heavy atom. The molecule has 10 nitrogen and oxygen atoms in total. The van der Waals surface area contributed by atoms with Gasteiger partial charge in [-0.25, -0.2) is 18.4 Å². The van der Waals surface area contributed by atoms with Gasteiger partial charge in [-0.3, -0.25) is 14.4 Å². The maximum absolute atomic E-state index is 13.0. The van der Waals surface area contributed by atoms with E-state index >= 15 is 0 Å². The Hall–Kier alpha value is -2.79. The number of hydrogen-bond acceptors (Lipinski definition) is 6. The number of alkyl carbamates (subject to hydrolysis) is 1. The van der Waals surface area contributed by atoms with Crippen LogP contribution < -0.4 is 16.0 Å². The first-order chi connectivity index (χ1) is 15.5. The molecule has 0 rings (SSSR count). The third-order valence-corrected chi connectivity index (χ3v) is 4.77. The Labute approximate surface area is 198 Å². The third kappa shape index (κ3) is 11.9. The zero-order valence-corrected chi connectivity index (χ0v) is 20.7. The van der Waals surface area contributed by atoms with Crippen LogP contribution in [0.4, 0.5) is 13.6 Å². The number of nitrogens with one attached hydrogen (secondary N) is 3. The second kappa shape index (κ2) is 13.8. The number of alkyl halides is 2. The van der Waals surface area contributed by atoms with Crippen LogP contribution in [0.1, 0.15) is 67.7 Å². The second-order valence-corrected chi connectivity index (χ2v) is 9.56. The van der Waals surface area contributed by atoms with Crippen molar-refractivity contribution in [3.8, 4) is 0 Å². The fraction of sp³-hybridized carbons (Fsp3) is 0.773. The Morgan fingerprint density at radius 3 is 1.82 bits per heavy atom. The molecule has 34 heavy (non-hydrogen) atoms. The minimum Gasteiger partial charge on any atom is -0.475 e. The number of carbonyl (C=O) groups excluding carboxylic acids is 4. The third-order valence-electron chi connectivity index (χ3n) is 4.77. The molecule has 0 aromatic rings. The SMILES string of the molecule is CC[C@H](C)[C@H](NC(=O)OC(C)(C)C)C(=O)N[C@@H](CC(C)C)C(=O)N[C@@H](CC(F)F)C(=O)C(=O)O. The minimum atomic E-state index is -3.04. The number of carbonyl (C=O) groups is 5. The molecule has 0 aliphatic heterocycles. The molecule has 0 aromatic carbocycles. The van der Waals surface area contributed by atoms with Crippen molar-refractivity contribution >= 4 is 29.7 Å². The highest BCUT2D eigenvalue weighted by Gasteiger charge is 2.35. The van der Waals surface area contributed by atoms with E-state index in [0.29, 0.717) is 6.42 Å². The van der Waals surface area contributed by atoms with Crippen LogP contribution in [-0.2, 0) is 23.9 Å². The van der Waals surface area contributed by atoms with Crippen molar-refractivity contribution in [1.82, 2.24) is 16.0 Å². The largest absolute Gasteiger partial charge is 0.475 e. The van der Waals surface area contributed by atoms with E-state index in [1.807, 2.05) is 5.32 Å². The molecular weight excluding hydrogens is 456 g/mol. The van der Waals surface area contributed by atoms with Gasteiger partial charge >= 0.3 is 12.1 Å². The van der Waals surface area contributed by atoms with Crippen molar-refractivity contribution in [1.29, 1.82) is 0 Å². The Morgan fingerprint density at radius 1 is 0.882 bits per heavy atom. The molecule has 4 N–H and O–H groups in total. The summed E-state index contributed by atoms with van der Waals surface area (Å²) in [5.74, 6) is -5.74. The molecule has 3 amide bonds. The first kappa shape index (κ1) is 31.2. The summed E-state index contributed by atoms with van der Waals surface area (Å²) in [6, 6.07) is -4.29. The molecule has 0 bridgehead atoms. The normalized spacial score (nSPS) is 15.1. The topological polar surface area (TPSA) is 151 Å². The average Bonchev–Trinajstić information content (AvgIpc) is 2.67. The van der Waals surface area contributed by atoms with Crippen LogP contribution in [0.25, 0.3) is 0 Å². The number of carboxylic acid groups (broad SMARTS) is 1. The summed E-state index contributed by atoms with van der Waals surface area (Å²) in [4.78, 5) is 60.7. The van der Waals surface area contributed by atoms with E-state index in [-0.39, 0.29) is 18.3 Å². The molecule has 0 saturated carbocycles. The van der Waals surface area contributed by atoms with Gasteiger partial charge in [-0.1, -0.05) is 34.1 Å². The van der Waals surface area contributed by atoms with Crippen LogP contribution in [0.3, 0.4) is 0 Å². The molecule has 0 aromatic heterocycles. The monoisotopic (exact) mass is 493 g/mol. The molecule has 0 spiro atoms. The highest BCUT2D eigenvalue weighted by atomic mass is 19.3. The van der Waals surface area contributed by atoms with Gasteiger partial charge in [0.15, 0.2) is 0 Å². The van der Waals surface area contributed by atoms with Gasteiger partial charge in [-0.15, -0.1) is 0 Å². The first-order valence-electron chi connectivity index (χ1n) is 11.1. The summed E-state index contributed by atoms with van der Waals surface area (Å²) in [6.45, 7) is 12.0. The van der Waals surface area contributed by atoms with Gasteiger partial charge in [0.2, 0.25) is 18.2 Å². The lowest BCUT2D eigenvalue weighted by molar-refractivity contribution is -0.151. The molecule has 0 unspecified atom stereocenters. The number of amides is 3. The highest BCUT2D eigenvalue weighted by Crippen LogP contribution is 2.14. The zero-order chi connectivity index (χ0) is 26.8. The number of Topliss-reactive ketones (excluding diaryl/α,β-unsaturated/α-hetero) is 1. The van der Waals surface area contributed by atoms with E-state index in [1.165, 1.54) is 0 Å². The predicted octanol–water partition coefficient (Wildman–Crippen LogP) is 2.25. The Bertz CT molecular complexity index is 739. The molecule has 0 fully saturated rings. The van der Waals surface area contributed by atoms with E-state index in [9.17, 15) is 32.8 Å². The lowest BCUT2D eigenvalue weighted by atomic mass is 9.96. The minimum absolute atomic E-state index is 0.0693. The Balaban J connectivity index is 5.69. The van der Waals surface area contributed by atoms with Gasteiger partial charge in [0.05, 0.1) is 0 Å². The lowest BCUT2D eigenvalue weighted by Crippen LogP contribution is -2.58. The highest BCUT2D eigenvalue weighted by molar-refractivity contribution is 6.35. The lowest BCUT2D eigenvalue weighted by Gasteiger charge is -2.29. The summed E-state index contributed by atoms with van der Waals surface area (Å²) in [5.41, 5.74) is -0.809. The fourth-order valence-corrected chi connectivity index (χ4v) is 2.93. The summed E-state index contributed by atoms with van der Waals surface area (Å²) in [5, 5.41) is 15.9. The fourth-order valence-electron chi connectivity index (χ4n) is 2.93. The molecule has 0 saturated heterocycles. The average molecular weight is 494 g/mol. The summed E-state index contributed by atoms with van der Waals surface area (Å²) >= 11 is 0. The molecule has 12 heteroatoms. The van der Waals surface area contributed by atoms with Crippen LogP contribution >= 0.6 is 0 Å². The van der Waals surface area contributed by atoms with E-state index in [2.05, 4.69) is 10.6 Å². The van der Waals surface area contributed by atoms with Gasteiger partial charge in [0, 0.05) is 6.42 Å².